The van der Waals surface area contributed by atoms with Crippen LogP contribution in [0.2, 0.25) is 0 Å². The van der Waals surface area contributed by atoms with E-state index >= 15 is 0 Å². The Balaban J connectivity index is 2.68. The zero-order chi connectivity index (χ0) is 13.8. The maximum atomic E-state index is 4.80. The van der Waals surface area contributed by atoms with Gasteiger partial charge in [0.2, 0.25) is 0 Å². The van der Waals surface area contributed by atoms with Crippen molar-refractivity contribution < 1.29 is 0 Å². The summed E-state index contributed by atoms with van der Waals surface area (Å²) >= 11 is 1.82. The van der Waals surface area contributed by atoms with E-state index in [1.807, 2.05) is 11.3 Å². The van der Waals surface area contributed by atoms with Crippen molar-refractivity contribution in [3.63, 3.8) is 0 Å². The molecular formula is C15H28N2S. The molecule has 104 valence electrons. The van der Waals surface area contributed by atoms with Gasteiger partial charge in [-0.15, -0.1) is 11.3 Å². The molecule has 18 heavy (non-hydrogen) atoms. The van der Waals surface area contributed by atoms with Crippen molar-refractivity contribution in [2.24, 2.45) is 5.92 Å². The summed E-state index contributed by atoms with van der Waals surface area (Å²) in [4.78, 5) is 4.80. The zero-order valence-corrected chi connectivity index (χ0v) is 13.5. The Labute approximate surface area is 116 Å². The second kappa shape index (κ2) is 6.67. The number of hydrogen-bond acceptors (Lipinski definition) is 3. The molecule has 0 aromatic carbocycles. The van der Waals surface area contributed by atoms with Crippen LogP contribution in [0.4, 0.5) is 0 Å². The molecule has 0 aliphatic carbocycles. The van der Waals surface area contributed by atoms with Gasteiger partial charge in [0.1, 0.15) is 0 Å². The van der Waals surface area contributed by atoms with Gasteiger partial charge in [-0.05, 0) is 19.4 Å². The highest BCUT2D eigenvalue weighted by Crippen LogP contribution is 2.26. The Hall–Kier alpha value is -0.410. The fourth-order valence-electron chi connectivity index (χ4n) is 2.14. The van der Waals surface area contributed by atoms with Crippen molar-refractivity contribution in [1.82, 2.24) is 10.3 Å². The molecule has 0 radical (unpaired) electrons. The van der Waals surface area contributed by atoms with Gasteiger partial charge in [0.25, 0.3) is 0 Å². The summed E-state index contributed by atoms with van der Waals surface area (Å²) in [6, 6.07) is 0.571. The number of thiazole rings is 1. The predicted octanol–water partition coefficient (Wildman–Crippen LogP) is 4.01. The van der Waals surface area contributed by atoms with Gasteiger partial charge < -0.3 is 5.32 Å². The number of aromatic nitrogens is 1. The molecule has 1 heterocycles. The maximum absolute atomic E-state index is 4.80. The van der Waals surface area contributed by atoms with Crippen LogP contribution in [0.15, 0.2) is 5.38 Å². The lowest BCUT2D eigenvalue weighted by Crippen LogP contribution is -2.34. The van der Waals surface area contributed by atoms with Crippen LogP contribution in [0, 0.1) is 5.92 Å². The van der Waals surface area contributed by atoms with E-state index < -0.39 is 0 Å². The van der Waals surface area contributed by atoms with Crippen LogP contribution in [-0.2, 0) is 11.8 Å². The largest absolute Gasteiger partial charge is 0.314 e. The molecule has 3 heteroatoms. The van der Waals surface area contributed by atoms with Gasteiger partial charge in [-0.1, -0.05) is 41.0 Å². The first-order chi connectivity index (χ1) is 8.38. The molecule has 0 spiro atoms. The van der Waals surface area contributed by atoms with Gasteiger partial charge in [0.15, 0.2) is 0 Å². The third kappa shape index (κ3) is 4.36. The minimum absolute atomic E-state index is 0.170. The van der Waals surface area contributed by atoms with Crippen LogP contribution in [0.3, 0.4) is 0 Å². The molecule has 0 aliphatic rings. The van der Waals surface area contributed by atoms with E-state index in [1.165, 1.54) is 17.1 Å². The summed E-state index contributed by atoms with van der Waals surface area (Å²) < 4.78 is 0. The SMILES string of the molecule is CCNC(C)C(CC)Cc1nc(C(C)(C)C)cs1. The summed E-state index contributed by atoms with van der Waals surface area (Å²) in [5.74, 6) is 0.684. The average molecular weight is 268 g/mol. The molecule has 2 unspecified atom stereocenters. The molecule has 0 bridgehead atoms. The zero-order valence-electron chi connectivity index (χ0n) is 12.7. The van der Waals surface area contributed by atoms with Crippen LogP contribution >= 0.6 is 11.3 Å². The average Bonchev–Trinajstić information content (AvgIpc) is 2.74. The first-order valence-electron chi connectivity index (χ1n) is 7.06. The van der Waals surface area contributed by atoms with E-state index in [1.54, 1.807) is 0 Å². The van der Waals surface area contributed by atoms with E-state index in [-0.39, 0.29) is 5.41 Å². The highest BCUT2D eigenvalue weighted by atomic mass is 32.1. The summed E-state index contributed by atoms with van der Waals surface area (Å²) in [7, 11) is 0. The molecule has 1 N–H and O–H groups in total. The molecular weight excluding hydrogens is 240 g/mol. The first-order valence-corrected chi connectivity index (χ1v) is 7.94. The highest BCUT2D eigenvalue weighted by molar-refractivity contribution is 7.09. The van der Waals surface area contributed by atoms with Crippen molar-refractivity contribution in [3.8, 4) is 0 Å². The minimum Gasteiger partial charge on any atom is -0.314 e. The van der Waals surface area contributed by atoms with Crippen molar-refractivity contribution in [1.29, 1.82) is 0 Å². The van der Waals surface area contributed by atoms with E-state index in [4.69, 9.17) is 4.98 Å². The lowest BCUT2D eigenvalue weighted by atomic mass is 9.93. The Bertz CT molecular complexity index is 352. The molecule has 1 aromatic heterocycles. The topological polar surface area (TPSA) is 24.9 Å². The highest BCUT2D eigenvalue weighted by Gasteiger charge is 2.20. The van der Waals surface area contributed by atoms with E-state index in [0.717, 1.165) is 13.0 Å². The van der Waals surface area contributed by atoms with Gasteiger partial charge in [-0.25, -0.2) is 4.98 Å². The molecule has 0 amide bonds. The second-order valence-corrected chi connectivity index (χ2v) is 7.04. The quantitative estimate of drug-likeness (QED) is 0.843. The lowest BCUT2D eigenvalue weighted by Gasteiger charge is -2.22. The third-order valence-corrected chi connectivity index (χ3v) is 4.39. The molecule has 0 fully saturated rings. The van der Waals surface area contributed by atoms with Crippen LogP contribution in [0.1, 0.15) is 58.7 Å². The molecule has 2 atom stereocenters. The Kier molecular flexibility index (Phi) is 5.80. The van der Waals surface area contributed by atoms with Crippen molar-refractivity contribution >= 4 is 11.3 Å². The van der Waals surface area contributed by atoms with Crippen molar-refractivity contribution in [3.05, 3.63) is 16.1 Å². The van der Waals surface area contributed by atoms with Gasteiger partial charge in [-0.3, -0.25) is 0 Å². The smallest absolute Gasteiger partial charge is 0.0931 e. The number of hydrogen-bond donors (Lipinski definition) is 1. The van der Waals surface area contributed by atoms with Crippen molar-refractivity contribution in [2.75, 3.05) is 6.54 Å². The van der Waals surface area contributed by atoms with Crippen LogP contribution in [0.25, 0.3) is 0 Å². The molecule has 1 rings (SSSR count). The minimum atomic E-state index is 0.170. The summed E-state index contributed by atoms with van der Waals surface area (Å²) in [6.07, 6.45) is 2.31. The van der Waals surface area contributed by atoms with E-state index in [9.17, 15) is 0 Å². The summed E-state index contributed by atoms with van der Waals surface area (Å²) in [6.45, 7) is 14.5. The molecule has 1 aromatic rings. The third-order valence-electron chi connectivity index (χ3n) is 3.51. The van der Waals surface area contributed by atoms with Gasteiger partial charge >= 0.3 is 0 Å². The first kappa shape index (κ1) is 15.6. The number of rotatable bonds is 6. The molecule has 0 saturated heterocycles. The fourth-order valence-corrected chi connectivity index (χ4v) is 3.25. The number of nitrogens with zero attached hydrogens (tertiary/aromatic N) is 1. The maximum Gasteiger partial charge on any atom is 0.0931 e. The monoisotopic (exact) mass is 268 g/mol. The van der Waals surface area contributed by atoms with Crippen LogP contribution in [-0.4, -0.2) is 17.6 Å². The normalized spacial score (nSPS) is 15.7. The molecule has 0 aliphatic heterocycles. The molecule has 2 nitrogen and oxygen atoms in total. The van der Waals surface area contributed by atoms with E-state index in [0.29, 0.717) is 12.0 Å². The Morgan fingerprint density at radius 1 is 1.33 bits per heavy atom. The van der Waals surface area contributed by atoms with Gasteiger partial charge in [0.05, 0.1) is 10.7 Å². The molecule has 0 saturated carbocycles. The van der Waals surface area contributed by atoms with E-state index in [2.05, 4.69) is 52.2 Å². The second-order valence-electron chi connectivity index (χ2n) is 6.10. The Morgan fingerprint density at radius 2 is 2.00 bits per heavy atom. The lowest BCUT2D eigenvalue weighted by molar-refractivity contribution is 0.367. The summed E-state index contributed by atoms with van der Waals surface area (Å²) in [5.41, 5.74) is 1.40. The van der Waals surface area contributed by atoms with Crippen molar-refractivity contribution in [2.45, 2.75) is 65.8 Å². The predicted molar refractivity (Wildman–Crippen MR) is 81.4 cm³/mol. The van der Waals surface area contributed by atoms with Gasteiger partial charge in [0, 0.05) is 23.3 Å². The standard InChI is InChI=1S/C15H28N2S/c1-7-12(11(3)16-8-2)9-14-17-13(10-18-14)15(4,5)6/h10-12,16H,7-9H2,1-6H3. The Morgan fingerprint density at radius 3 is 2.44 bits per heavy atom. The summed E-state index contributed by atoms with van der Waals surface area (Å²) in [5, 5.41) is 7.04. The number of nitrogens with one attached hydrogen (secondary N) is 1. The van der Waals surface area contributed by atoms with Crippen LogP contribution < -0.4 is 5.32 Å². The fraction of sp³-hybridized carbons (Fsp3) is 0.800. The van der Waals surface area contributed by atoms with Gasteiger partial charge in [-0.2, -0.15) is 0 Å². The van der Waals surface area contributed by atoms with Crippen LogP contribution in [0.5, 0.6) is 0 Å².